The van der Waals surface area contributed by atoms with Crippen LogP contribution in [0.3, 0.4) is 0 Å². The summed E-state index contributed by atoms with van der Waals surface area (Å²) in [5.74, 6) is 2.64. The lowest BCUT2D eigenvalue weighted by atomic mass is 10.0. The highest BCUT2D eigenvalue weighted by molar-refractivity contribution is 5.48. The molecule has 27 heavy (non-hydrogen) atoms. The van der Waals surface area contributed by atoms with E-state index in [1.165, 1.54) is 16.7 Å². The molecule has 1 N–H and O–H groups in total. The van der Waals surface area contributed by atoms with Gasteiger partial charge in [-0.05, 0) is 61.7 Å². The van der Waals surface area contributed by atoms with E-state index in [1.54, 1.807) is 0 Å². The maximum Gasteiger partial charge on any atom is 0.231 e. The van der Waals surface area contributed by atoms with E-state index in [9.17, 15) is 0 Å². The van der Waals surface area contributed by atoms with Gasteiger partial charge in [-0.2, -0.15) is 0 Å². The molecule has 1 atom stereocenters. The number of piperazine rings is 1. The molecule has 0 aromatic heterocycles. The van der Waals surface area contributed by atoms with Gasteiger partial charge in [-0.25, -0.2) is 0 Å². The summed E-state index contributed by atoms with van der Waals surface area (Å²) in [7, 11) is 0. The Morgan fingerprint density at radius 2 is 1.89 bits per heavy atom. The van der Waals surface area contributed by atoms with Crippen molar-refractivity contribution in [2.45, 2.75) is 39.5 Å². The summed E-state index contributed by atoms with van der Waals surface area (Å²) in [6.45, 7) is 10.4. The van der Waals surface area contributed by atoms with E-state index in [0.29, 0.717) is 12.8 Å². The molecule has 0 aliphatic carbocycles. The summed E-state index contributed by atoms with van der Waals surface area (Å²) >= 11 is 0. The molecule has 1 unspecified atom stereocenters. The number of hydrogen-bond acceptors (Lipinski definition) is 5. The predicted octanol–water partition coefficient (Wildman–Crippen LogP) is 3.66. The van der Waals surface area contributed by atoms with Gasteiger partial charge < -0.3 is 19.5 Å². The molecule has 1 saturated heterocycles. The van der Waals surface area contributed by atoms with Crippen molar-refractivity contribution in [2.75, 3.05) is 26.4 Å². The molecular formula is C22H28N2O3. The molecule has 0 spiro atoms. The van der Waals surface area contributed by atoms with Crippen molar-refractivity contribution >= 4 is 0 Å². The van der Waals surface area contributed by atoms with Gasteiger partial charge in [-0.3, -0.25) is 4.90 Å². The average molecular weight is 368 g/mol. The fourth-order valence-electron chi connectivity index (χ4n) is 3.78. The summed E-state index contributed by atoms with van der Waals surface area (Å²) in [4.78, 5) is 2.54. The van der Waals surface area contributed by atoms with Gasteiger partial charge in [0.25, 0.3) is 0 Å². The Labute approximate surface area is 161 Å². The van der Waals surface area contributed by atoms with E-state index < -0.39 is 0 Å². The minimum Gasteiger partial charge on any atom is -0.491 e. The fraction of sp³-hybridized carbons (Fsp3) is 0.455. The SMILES string of the molecule is Cc1cc2c(cc1CN1CCNCC1c1ccc(OC(C)C)cc1)OCO2. The molecule has 0 saturated carbocycles. The maximum absolute atomic E-state index is 5.78. The molecule has 2 aromatic rings. The zero-order chi connectivity index (χ0) is 18.8. The lowest BCUT2D eigenvalue weighted by Gasteiger charge is -2.37. The molecule has 0 radical (unpaired) electrons. The molecule has 0 bridgehead atoms. The predicted molar refractivity (Wildman–Crippen MR) is 106 cm³/mol. The molecule has 1 fully saturated rings. The van der Waals surface area contributed by atoms with Crippen LogP contribution in [0.15, 0.2) is 36.4 Å². The number of benzene rings is 2. The molecule has 0 amide bonds. The highest BCUT2D eigenvalue weighted by Gasteiger charge is 2.25. The van der Waals surface area contributed by atoms with Crippen LogP contribution in [0.1, 0.15) is 36.6 Å². The number of nitrogens with zero attached hydrogens (tertiary/aromatic N) is 1. The number of nitrogens with one attached hydrogen (secondary N) is 1. The summed E-state index contributed by atoms with van der Waals surface area (Å²) in [5, 5.41) is 3.53. The van der Waals surface area contributed by atoms with E-state index in [2.05, 4.69) is 67.4 Å². The first-order valence-electron chi connectivity index (χ1n) is 9.70. The van der Waals surface area contributed by atoms with Crippen molar-refractivity contribution in [2.24, 2.45) is 0 Å². The van der Waals surface area contributed by atoms with Gasteiger partial charge in [0.1, 0.15) is 5.75 Å². The Balaban J connectivity index is 1.53. The van der Waals surface area contributed by atoms with Crippen LogP contribution in [0.4, 0.5) is 0 Å². The van der Waals surface area contributed by atoms with Crippen LogP contribution in [-0.2, 0) is 6.54 Å². The first-order chi connectivity index (χ1) is 13.1. The molecular weight excluding hydrogens is 340 g/mol. The fourth-order valence-corrected chi connectivity index (χ4v) is 3.78. The second kappa shape index (κ2) is 7.79. The number of aryl methyl sites for hydroxylation is 1. The lowest BCUT2D eigenvalue weighted by molar-refractivity contribution is 0.153. The normalized spacial score (nSPS) is 19.5. The zero-order valence-corrected chi connectivity index (χ0v) is 16.3. The van der Waals surface area contributed by atoms with Crippen molar-refractivity contribution in [3.63, 3.8) is 0 Å². The standard InChI is InChI=1S/C22H28N2O3/c1-15(2)27-19-6-4-17(5-7-19)20-12-23-8-9-24(20)13-18-11-22-21(10-16(18)3)25-14-26-22/h4-7,10-11,15,20,23H,8-9,12-14H2,1-3H3. The molecule has 4 rings (SSSR count). The second-order valence-electron chi connectivity index (χ2n) is 7.56. The minimum atomic E-state index is 0.192. The summed E-state index contributed by atoms with van der Waals surface area (Å²) in [6.07, 6.45) is 0.192. The van der Waals surface area contributed by atoms with Gasteiger partial charge in [0.05, 0.1) is 6.10 Å². The molecule has 2 heterocycles. The van der Waals surface area contributed by atoms with Crippen LogP contribution >= 0.6 is 0 Å². The van der Waals surface area contributed by atoms with Gasteiger partial charge in [0.15, 0.2) is 11.5 Å². The Morgan fingerprint density at radius 3 is 2.63 bits per heavy atom. The zero-order valence-electron chi connectivity index (χ0n) is 16.3. The average Bonchev–Trinajstić information content (AvgIpc) is 3.10. The Hall–Kier alpha value is -2.24. The van der Waals surface area contributed by atoms with Crippen LogP contribution in [0.25, 0.3) is 0 Å². The van der Waals surface area contributed by atoms with Crippen LogP contribution in [0, 0.1) is 6.92 Å². The molecule has 144 valence electrons. The Kier molecular flexibility index (Phi) is 5.23. The molecule has 2 aliphatic heterocycles. The number of ether oxygens (including phenoxy) is 3. The third-order valence-corrected chi connectivity index (χ3v) is 5.20. The summed E-state index contributed by atoms with van der Waals surface area (Å²) < 4.78 is 16.9. The van der Waals surface area contributed by atoms with Crippen LogP contribution in [-0.4, -0.2) is 37.4 Å². The molecule has 5 nitrogen and oxygen atoms in total. The summed E-state index contributed by atoms with van der Waals surface area (Å²) in [6, 6.07) is 13.1. The first kappa shape index (κ1) is 18.1. The van der Waals surface area contributed by atoms with Crippen molar-refractivity contribution in [3.05, 3.63) is 53.1 Å². The highest BCUT2D eigenvalue weighted by atomic mass is 16.7. The van der Waals surface area contributed by atoms with E-state index in [0.717, 1.165) is 43.4 Å². The molecule has 5 heteroatoms. The van der Waals surface area contributed by atoms with Gasteiger partial charge >= 0.3 is 0 Å². The maximum atomic E-state index is 5.78. The van der Waals surface area contributed by atoms with E-state index >= 15 is 0 Å². The number of fused-ring (bicyclic) bond motifs is 1. The summed E-state index contributed by atoms with van der Waals surface area (Å²) in [5.41, 5.74) is 3.86. The minimum absolute atomic E-state index is 0.192. The second-order valence-corrected chi connectivity index (χ2v) is 7.56. The first-order valence-corrected chi connectivity index (χ1v) is 9.70. The third-order valence-electron chi connectivity index (χ3n) is 5.20. The monoisotopic (exact) mass is 368 g/mol. The van der Waals surface area contributed by atoms with E-state index in [-0.39, 0.29) is 6.10 Å². The highest BCUT2D eigenvalue weighted by Crippen LogP contribution is 2.36. The third kappa shape index (κ3) is 4.04. The van der Waals surface area contributed by atoms with Gasteiger partial charge in [0.2, 0.25) is 6.79 Å². The van der Waals surface area contributed by atoms with Crippen molar-refractivity contribution in [1.29, 1.82) is 0 Å². The van der Waals surface area contributed by atoms with Crippen LogP contribution in [0.5, 0.6) is 17.2 Å². The van der Waals surface area contributed by atoms with Gasteiger partial charge in [0, 0.05) is 32.2 Å². The van der Waals surface area contributed by atoms with Gasteiger partial charge in [-0.15, -0.1) is 0 Å². The topological polar surface area (TPSA) is 43.0 Å². The lowest BCUT2D eigenvalue weighted by Crippen LogP contribution is -2.45. The Morgan fingerprint density at radius 1 is 1.15 bits per heavy atom. The van der Waals surface area contributed by atoms with E-state index in [4.69, 9.17) is 14.2 Å². The van der Waals surface area contributed by atoms with E-state index in [1.807, 2.05) is 0 Å². The van der Waals surface area contributed by atoms with Crippen molar-refractivity contribution in [3.8, 4) is 17.2 Å². The number of rotatable bonds is 5. The van der Waals surface area contributed by atoms with Crippen molar-refractivity contribution in [1.82, 2.24) is 10.2 Å². The smallest absolute Gasteiger partial charge is 0.231 e. The molecule has 2 aliphatic rings. The largest absolute Gasteiger partial charge is 0.491 e. The van der Waals surface area contributed by atoms with Crippen LogP contribution in [0.2, 0.25) is 0 Å². The van der Waals surface area contributed by atoms with Crippen LogP contribution < -0.4 is 19.5 Å². The van der Waals surface area contributed by atoms with Crippen molar-refractivity contribution < 1.29 is 14.2 Å². The van der Waals surface area contributed by atoms with Gasteiger partial charge in [-0.1, -0.05) is 12.1 Å². The molecule has 2 aromatic carbocycles. The Bertz CT molecular complexity index is 789. The quantitative estimate of drug-likeness (QED) is 0.872. The number of hydrogen-bond donors (Lipinski definition) is 1.